The molecule has 0 spiro atoms. The lowest BCUT2D eigenvalue weighted by atomic mass is 10.3. The van der Waals surface area contributed by atoms with Crippen molar-refractivity contribution in [3.8, 4) is 0 Å². The number of carbonyl (C=O) groups excluding carboxylic acids is 1. The number of nitrogens with zero attached hydrogens (tertiary/aromatic N) is 4. The fourth-order valence-electron chi connectivity index (χ4n) is 1.63. The lowest BCUT2D eigenvalue weighted by Gasteiger charge is -2.04. The number of amides is 1. The van der Waals surface area contributed by atoms with E-state index in [1.165, 1.54) is 23.1 Å². The first-order valence-corrected chi connectivity index (χ1v) is 7.75. The second-order valence-corrected chi connectivity index (χ2v) is 6.33. The minimum atomic E-state index is -0.0737. The van der Waals surface area contributed by atoms with Gasteiger partial charge in [0.15, 0.2) is 4.34 Å². The van der Waals surface area contributed by atoms with E-state index in [1.807, 2.05) is 20.9 Å². The topological polar surface area (TPSA) is 84.7 Å². The molecule has 0 atom stereocenters. The van der Waals surface area contributed by atoms with E-state index in [9.17, 15) is 4.79 Å². The van der Waals surface area contributed by atoms with Gasteiger partial charge in [-0.05, 0) is 13.8 Å². The van der Waals surface area contributed by atoms with Crippen LogP contribution in [0.4, 0.5) is 10.8 Å². The summed E-state index contributed by atoms with van der Waals surface area (Å²) >= 11 is 2.79. The Morgan fingerprint density at radius 3 is 2.70 bits per heavy atom. The second-order valence-electron chi connectivity index (χ2n) is 4.13. The van der Waals surface area contributed by atoms with Crippen LogP contribution in [0.5, 0.6) is 0 Å². The Kier molecular flexibility index (Phi) is 4.61. The van der Waals surface area contributed by atoms with Gasteiger partial charge in [0.25, 0.3) is 0 Å². The lowest BCUT2D eigenvalue weighted by Crippen LogP contribution is -2.15. The zero-order valence-electron chi connectivity index (χ0n) is 11.7. The van der Waals surface area contributed by atoms with Gasteiger partial charge in [-0.15, -0.1) is 10.2 Å². The fourth-order valence-corrected chi connectivity index (χ4v) is 3.13. The number of nitrogens with one attached hydrogen (secondary N) is 2. The molecule has 108 valence electrons. The zero-order chi connectivity index (χ0) is 14.7. The van der Waals surface area contributed by atoms with Gasteiger partial charge in [-0.3, -0.25) is 9.48 Å². The van der Waals surface area contributed by atoms with Crippen molar-refractivity contribution in [1.82, 2.24) is 20.0 Å². The maximum Gasteiger partial charge on any atom is 0.234 e. The van der Waals surface area contributed by atoms with E-state index in [4.69, 9.17) is 0 Å². The van der Waals surface area contributed by atoms with Crippen molar-refractivity contribution in [2.75, 3.05) is 23.4 Å². The van der Waals surface area contributed by atoms with Gasteiger partial charge >= 0.3 is 0 Å². The quantitative estimate of drug-likeness (QED) is 0.817. The molecule has 0 aromatic carbocycles. The third kappa shape index (κ3) is 3.28. The zero-order valence-corrected chi connectivity index (χ0v) is 13.4. The average Bonchev–Trinajstić information content (AvgIpc) is 2.97. The van der Waals surface area contributed by atoms with Crippen LogP contribution in [-0.4, -0.2) is 38.7 Å². The minimum Gasteiger partial charge on any atom is -0.363 e. The Morgan fingerprint density at radius 2 is 2.15 bits per heavy atom. The van der Waals surface area contributed by atoms with Crippen molar-refractivity contribution in [1.29, 1.82) is 0 Å². The first-order chi connectivity index (χ1) is 9.51. The number of hydrogen-bond acceptors (Lipinski definition) is 7. The van der Waals surface area contributed by atoms with Gasteiger partial charge in [0, 0.05) is 14.1 Å². The molecule has 0 aliphatic heterocycles. The predicted molar refractivity (Wildman–Crippen MR) is 81.5 cm³/mol. The second kappa shape index (κ2) is 6.23. The summed E-state index contributed by atoms with van der Waals surface area (Å²) in [5, 5.41) is 18.7. The molecule has 1 amide bonds. The highest BCUT2D eigenvalue weighted by molar-refractivity contribution is 8.01. The highest BCUT2D eigenvalue weighted by Gasteiger charge is 2.13. The Labute approximate surface area is 125 Å². The van der Waals surface area contributed by atoms with Crippen molar-refractivity contribution in [2.24, 2.45) is 7.05 Å². The molecule has 7 nitrogen and oxygen atoms in total. The molecule has 9 heteroatoms. The molecule has 0 unspecified atom stereocenters. The first kappa shape index (κ1) is 14.8. The van der Waals surface area contributed by atoms with Crippen LogP contribution in [0.2, 0.25) is 0 Å². The van der Waals surface area contributed by atoms with Gasteiger partial charge in [0.2, 0.25) is 11.0 Å². The van der Waals surface area contributed by atoms with Crippen LogP contribution in [0.25, 0.3) is 0 Å². The number of aromatic nitrogens is 4. The van der Waals surface area contributed by atoms with Crippen molar-refractivity contribution in [3.63, 3.8) is 0 Å². The molecular weight excluding hydrogens is 296 g/mol. The monoisotopic (exact) mass is 312 g/mol. The maximum atomic E-state index is 11.9. The van der Waals surface area contributed by atoms with E-state index >= 15 is 0 Å². The normalized spacial score (nSPS) is 10.6. The molecule has 2 aromatic rings. The third-order valence-electron chi connectivity index (χ3n) is 2.72. The molecular formula is C11H16N6OS2. The third-order valence-corrected chi connectivity index (χ3v) is 4.79. The van der Waals surface area contributed by atoms with Gasteiger partial charge < -0.3 is 10.6 Å². The first-order valence-electron chi connectivity index (χ1n) is 5.95. The molecule has 20 heavy (non-hydrogen) atoms. The molecule has 2 N–H and O–H groups in total. The Morgan fingerprint density at radius 1 is 1.40 bits per heavy atom. The number of carbonyl (C=O) groups is 1. The fraction of sp³-hybridized carbons (Fsp3) is 0.455. The van der Waals surface area contributed by atoms with Gasteiger partial charge in [0.05, 0.1) is 22.8 Å². The number of anilines is 2. The predicted octanol–water partition coefficient (Wildman–Crippen LogP) is 1.66. The molecule has 0 radical (unpaired) electrons. The van der Waals surface area contributed by atoms with Crippen molar-refractivity contribution in [2.45, 2.75) is 18.2 Å². The summed E-state index contributed by atoms with van der Waals surface area (Å²) in [5.41, 5.74) is 2.54. The van der Waals surface area contributed by atoms with E-state index in [-0.39, 0.29) is 5.91 Å². The standard InChI is InChI=1S/C11H16N6OS2/c1-6-9(7(2)17(4)16-6)13-8(18)5-19-11-15-14-10(12-3)20-11/h5H2,1-4H3,(H,12,14)(H,13,18). The van der Waals surface area contributed by atoms with Crippen LogP contribution in [0, 0.1) is 13.8 Å². The Hall–Kier alpha value is -1.61. The van der Waals surface area contributed by atoms with Gasteiger partial charge in [-0.1, -0.05) is 23.1 Å². The number of thioether (sulfide) groups is 1. The molecule has 0 saturated heterocycles. The molecule has 0 aliphatic rings. The van der Waals surface area contributed by atoms with E-state index in [0.29, 0.717) is 5.75 Å². The largest absolute Gasteiger partial charge is 0.363 e. The van der Waals surface area contributed by atoms with Crippen molar-refractivity contribution >= 4 is 39.8 Å². The summed E-state index contributed by atoms with van der Waals surface area (Å²) in [5.74, 6) is 0.224. The van der Waals surface area contributed by atoms with Crippen LogP contribution in [-0.2, 0) is 11.8 Å². The van der Waals surface area contributed by atoms with Crippen LogP contribution >= 0.6 is 23.1 Å². The highest BCUT2D eigenvalue weighted by atomic mass is 32.2. The lowest BCUT2D eigenvalue weighted by molar-refractivity contribution is -0.113. The summed E-state index contributed by atoms with van der Waals surface area (Å²) in [6.45, 7) is 3.80. The van der Waals surface area contributed by atoms with Crippen LogP contribution in [0.15, 0.2) is 4.34 Å². The van der Waals surface area contributed by atoms with E-state index < -0.39 is 0 Å². The Balaban J connectivity index is 1.92. The summed E-state index contributed by atoms with van der Waals surface area (Å²) in [6, 6.07) is 0. The van der Waals surface area contributed by atoms with Gasteiger partial charge in [0.1, 0.15) is 0 Å². The van der Waals surface area contributed by atoms with Crippen LogP contribution in [0.1, 0.15) is 11.4 Å². The molecule has 2 rings (SSSR count). The SMILES string of the molecule is CNc1nnc(SCC(=O)Nc2c(C)nn(C)c2C)s1. The molecule has 2 aromatic heterocycles. The van der Waals surface area contributed by atoms with Crippen molar-refractivity contribution < 1.29 is 4.79 Å². The molecule has 0 saturated carbocycles. The summed E-state index contributed by atoms with van der Waals surface area (Å²) in [4.78, 5) is 11.9. The smallest absolute Gasteiger partial charge is 0.234 e. The minimum absolute atomic E-state index is 0.0737. The average molecular weight is 312 g/mol. The highest BCUT2D eigenvalue weighted by Crippen LogP contribution is 2.25. The van der Waals surface area contributed by atoms with E-state index in [2.05, 4.69) is 25.9 Å². The van der Waals surface area contributed by atoms with Gasteiger partial charge in [-0.25, -0.2) is 0 Å². The van der Waals surface area contributed by atoms with E-state index in [0.717, 1.165) is 26.5 Å². The van der Waals surface area contributed by atoms with Crippen molar-refractivity contribution in [3.05, 3.63) is 11.4 Å². The summed E-state index contributed by atoms with van der Waals surface area (Å²) in [6.07, 6.45) is 0. The number of hydrogen-bond donors (Lipinski definition) is 2. The maximum absolute atomic E-state index is 11.9. The number of aryl methyl sites for hydroxylation is 2. The molecule has 0 aliphatic carbocycles. The Bertz CT molecular complexity index is 620. The van der Waals surface area contributed by atoms with Crippen LogP contribution < -0.4 is 10.6 Å². The summed E-state index contributed by atoms with van der Waals surface area (Å²) < 4.78 is 2.52. The van der Waals surface area contributed by atoms with Gasteiger partial charge in [-0.2, -0.15) is 5.10 Å². The molecule has 2 heterocycles. The summed E-state index contributed by atoms with van der Waals surface area (Å²) in [7, 11) is 3.64. The van der Waals surface area contributed by atoms with E-state index in [1.54, 1.807) is 11.7 Å². The van der Waals surface area contributed by atoms with Crippen LogP contribution in [0.3, 0.4) is 0 Å². The molecule has 0 bridgehead atoms. The molecule has 0 fully saturated rings. The number of rotatable bonds is 5.